The molecule has 0 aromatic heterocycles. The van der Waals surface area contributed by atoms with Crippen molar-refractivity contribution in [3.05, 3.63) is 11.8 Å². The molecule has 0 amide bonds. The summed E-state index contributed by atoms with van der Waals surface area (Å²) in [6.45, 7) is 5.24. The summed E-state index contributed by atoms with van der Waals surface area (Å²) < 4.78 is 0. The fourth-order valence-electron chi connectivity index (χ4n) is 0.828. The van der Waals surface area contributed by atoms with Gasteiger partial charge < -0.3 is 10.2 Å². The van der Waals surface area contributed by atoms with Crippen LogP contribution >= 0.6 is 12.2 Å². The minimum absolute atomic E-state index is 0.845. The predicted octanol–water partition coefficient (Wildman–Crippen LogP) is 1.78. The number of likely N-dealkylation sites (N-methyl/N-ethyl adjacent to an activating group) is 1. The van der Waals surface area contributed by atoms with Crippen molar-refractivity contribution < 1.29 is 0 Å². The molecular formula is C9H18N2S. The highest BCUT2D eigenvalue weighted by Crippen LogP contribution is 2.03. The van der Waals surface area contributed by atoms with E-state index in [9.17, 15) is 0 Å². The van der Waals surface area contributed by atoms with Crippen LogP contribution in [0.4, 0.5) is 0 Å². The lowest BCUT2D eigenvalue weighted by Crippen LogP contribution is -2.20. The molecule has 1 N–H and O–H groups in total. The molecular weight excluding hydrogens is 168 g/mol. The maximum absolute atomic E-state index is 5.14. The second-order valence-corrected chi connectivity index (χ2v) is 3.07. The third kappa shape index (κ3) is 3.72. The van der Waals surface area contributed by atoms with E-state index in [4.69, 9.17) is 12.2 Å². The fourth-order valence-corrected chi connectivity index (χ4v) is 1.03. The van der Waals surface area contributed by atoms with Gasteiger partial charge in [-0.05, 0) is 13.3 Å². The summed E-state index contributed by atoms with van der Waals surface area (Å²) in [4.78, 5) is 2.97. The minimum Gasteiger partial charge on any atom is -0.380 e. The van der Waals surface area contributed by atoms with Crippen LogP contribution < -0.4 is 5.32 Å². The van der Waals surface area contributed by atoms with Crippen molar-refractivity contribution in [3.63, 3.8) is 0 Å². The Kier molecular flexibility index (Phi) is 5.72. The molecule has 0 aliphatic rings. The lowest BCUT2D eigenvalue weighted by Gasteiger charge is -2.14. The first-order chi connectivity index (χ1) is 5.65. The Morgan fingerprint density at radius 2 is 2.08 bits per heavy atom. The van der Waals surface area contributed by atoms with E-state index in [1.165, 1.54) is 5.57 Å². The number of nitrogens with one attached hydrogen (secondary N) is 1. The van der Waals surface area contributed by atoms with Crippen LogP contribution in [0.2, 0.25) is 0 Å². The van der Waals surface area contributed by atoms with E-state index >= 15 is 0 Å². The second kappa shape index (κ2) is 6.00. The van der Waals surface area contributed by atoms with Gasteiger partial charge in [-0.2, -0.15) is 0 Å². The van der Waals surface area contributed by atoms with Crippen molar-refractivity contribution in [2.75, 3.05) is 20.6 Å². The van der Waals surface area contributed by atoms with Gasteiger partial charge in [0.2, 0.25) is 0 Å². The molecule has 0 radical (unpaired) electrons. The zero-order chi connectivity index (χ0) is 9.56. The Balaban J connectivity index is 4.32. The smallest absolute Gasteiger partial charge is 0.103 e. The van der Waals surface area contributed by atoms with Crippen molar-refractivity contribution in [1.82, 2.24) is 10.2 Å². The van der Waals surface area contributed by atoms with E-state index < -0.39 is 0 Å². The van der Waals surface area contributed by atoms with Crippen molar-refractivity contribution >= 4 is 17.2 Å². The minimum atomic E-state index is 0.845. The highest BCUT2D eigenvalue weighted by molar-refractivity contribution is 7.80. The lowest BCUT2D eigenvalue weighted by atomic mass is 10.2. The molecule has 3 heteroatoms. The molecule has 12 heavy (non-hydrogen) atoms. The molecule has 0 rings (SSSR count). The summed E-state index contributed by atoms with van der Waals surface area (Å²) in [5.74, 6) is 0. The van der Waals surface area contributed by atoms with Crippen LogP contribution in [0.3, 0.4) is 0 Å². The van der Waals surface area contributed by atoms with E-state index in [1.807, 2.05) is 14.1 Å². The molecule has 0 aromatic carbocycles. The number of hydrogen-bond acceptors (Lipinski definition) is 2. The van der Waals surface area contributed by atoms with Crippen LogP contribution in [0.1, 0.15) is 20.3 Å². The summed E-state index contributed by atoms with van der Waals surface area (Å²) in [6, 6.07) is 0. The number of thiocarbonyl (C=S) groups is 1. The van der Waals surface area contributed by atoms with Gasteiger partial charge in [0, 0.05) is 32.4 Å². The molecule has 0 aliphatic carbocycles. The van der Waals surface area contributed by atoms with Crippen LogP contribution in [-0.2, 0) is 0 Å². The highest BCUT2D eigenvalue weighted by Gasteiger charge is 2.00. The molecule has 0 aliphatic heterocycles. The summed E-state index contributed by atoms with van der Waals surface area (Å²) >= 11 is 5.14. The first-order valence-electron chi connectivity index (χ1n) is 4.28. The Morgan fingerprint density at radius 1 is 1.50 bits per heavy atom. The molecule has 0 atom stereocenters. The van der Waals surface area contributed by atoms with E-state index in [0.717, 1.165) is 18.0 Å². The fraction of sp³-hybridized carbons (Fsp3) is 0.667. The number of hydrogen-bond donors (Lipinski definition) is 1. The van der Waals surface area contributed by atoms with E-state index in [0.29, 0.717) is 0 Å². The van der Waals surface area contributed by atoms with Crippen molar-refractivity contribution in [3.8, 4) is 0 Å². The first-order valence-corrected chi connectivity index (χ1v) is 4.69. The summed E-state index contributed by atoms with van der Waals surface area (Å²) in [7, 11) is 3.91. The zero-order valence-corrected chi connectivity index (χ0v) is 9.16. The molecule has 0 unspecified atom stereocenters. The van der Waals surface area contributed by atoms with E-state index in [1.54, 1.807) is 0 Å². The Morgan fingerprint density at radius 3 is 2.42 bits per heavy atom. The average molecular weight is 186 g/mol. The molecule has 0 spiro atoms. The third-order valence-electron chi connectivity index (χ3n) is 1.77. The largest absolute Gasteiger partial charge is 0.380 e. The lowest BCUT2D eigenvalue weighted by molar-refractivity contribution is 0.480. The van der Waals surface area contributed by atoms with Gasteiger partial charge in [-0.3, -0.25) is 0 Å². The molecule has 0 heterocycles. The SMILES string of the molecule is CC/C(=C\N(C)CC)C(=S)NC. The molecule has 70 valence electrons. The predicted molar refractivity (Wildman–Crippen MR) is 58.3 cm³/mol. The Labute approximate surface area is 80.6 Å². The maximum Gasteiger partial charge on any atom is 0.103 e. The van der Waals surface area contributed by atoms with E-state index in [2.05, 4.69) is 30.3 Å². The highest BCUT2D eigenvalue weighted by atomic mass is 32.1. The summed E-state index contributed by atoms with van der Waals surface area (Å²) in [5, 5.41) is 2.98. The van der Waals surface area contributed by atoms with Crippen LogP contribution in [0.5, 0.6) is 0 Å². The monoisotopic (exact) mass is 186 g/mol. The van der Waals surface area contributed by atoms with Crippen LogP contribution in [0.15, 0.2) is 11.8 Å². The van der Waals surface area contributed by atoms with Gasteiger partial charge in [0.1, 0.15) is 4.99 Å². The van der Waals surface area contributed by atoms with Gasteiger partial charge >= 0.3 is 0 Å². The second-order valence-electron chi connectivity index (χ2n) is 2.66. The van der Waals surface area contributed by atoms with Crippen LogP contribution in [0, 0.1) is 0 Å². The van der Waals surface area contributed by atoms with Gasteiger partial charge in [0.05, 0.1) is 0 Å². The van der Waals surface area contributed by atoms with Gasteiger partial charge in [0.25, 0.3) is 0 Å². The molecule has 0 aromatic rings. The molecule has 0 saturated heterocycles. The maximum atomic E-state index is 5.14. The molecule has 0 fully saturated rings. The van der Waals surface area contributed by atoms with Gasteiger partial charge in [-0.25, -0.2) is 0 Å². The standard InChI is InChI=1S/C9H18N2S/c1-5-8(9(12)10-3)7-11(4)6-2/h7H,5-6H2,1-4H3,(H,10,12)/b8-7+. The van der Waals surface area contributed by atoms with Gasteiger partial charge in [-0.1, -0.05) is 19.1 Å². The third-order valence-corrected chi connectivity index (χ3v) is 2.24. The summed E-state index contributed by atoms with van der Waals surface area (Å²) in [5.41, 5.74) is 1.19. The normalized spacial score (nSPS) is 11.2. The Hall–Kier alpha value is -0.570. The zero-order valence-electron chi connectivity index (χ0n) is 8.35. The first kappa shape index (κ1) is 11.4. The number of rotatable bonds is 4. The van der Waals surface area contributed by atoms with Crippen molar-refractivity contribution in [1.29, 1.82) is 0 Å². The molecule has 0 saturated carbocycles. The number of nitrogens with zero attached hydrogens (tertiary/aromatic N) is 1. The van der Waals surface area contributed by atoms with Crippen LogP contribution in [0.25, 0.3) is 0 Å². The van der Waals surface area contributed by atoms with Crippen molar-refractivity contribution in [2.45, 2.75) is 20.3 Å². The van der Waals surface area contributed by atoms with Gasteiger partial charge in [0.15, 0.2) is 0 Å². The van der Waals surface area contributed by atoms with Crippen LogP contribution in [-0.4, -0.2) is 30.5 Å². The molecule has 0 bridgehead atoms. The van der Waals surface area contributed by atoms with Crippen molar-refractivity contribution in [2.24, 2.45) is 0 Å². The molecule has 2 nitrogen and oxygen atoms in total. The summed E-state index contributed by atoms with van der Waals surface area (Å²) in [6.07, 6.45) is 3.07. The van der Waals surface area contributed by atoms with E-state index in [-0.39, 0.29) is 0 Å². The topological polar surface area (TPSA) is 15.3 Å². The Bertz CT molecular complexity index is 175. The average Bonchev–Trinajstić information content (AvgIpc) is 2.12. The van der Waals surface area contributed by atoms with Gasteiger partial charge in [-0.15, -0.1) is 0 Å². The quantitative estimate of drug-likeness (QED) is 0.532.